The fourth-order valence-electron chi connectivity index (χ4n) is 2.25. The highest BCUT2D eigenvalue weighted by molar-refractivity contribution is 4.85. The Morgan fingerprint density at radius 3 is 2.92 bits per heavy atom. The van der Waals surface area contributed by atoms with Gasteiger partial charge in [0.2, 0.25) is 0 Å². The van der Waals surface area contributed by atoms with Crippen molar-refractivity contribution in [3.63, 3.8) is 0 Å². The smallest absolute Gasteiger partial charge is 0.0700 e. The molecule has 3 atom stereocenters. The van der Waals surface area contributed by atoms with Crippen LogP contribution in [0.5, 0.6) is 0 Å². The first-order chi connectivity index (χ1) is 6.36. The monoisotopic (exact) mass is 184 g/mol. The summed E-state index contributed by atoms with van der Waals surface area (Å²) in [6, 6.07) is 1.26. The topological polar surface area (TPSA) is 33.3 Å². The molecule has 2 fully saturated rings. The van der Waals surface area contributed by atoms with E-state index in [-0.39, 0.29) is 0 Å². The van der Waals surface area contributed by atoms with Gasteiger partial charge < -0.3 is 15.4 Å². The van der Waals surface area contributed by atoms with Crippen LogP contribution in [0, 0.1) is 0 Å². The molecule has 0 aliphatic carbocycles. The third-order valence-electron chi connectivity index (χ3n) is 3.12. The maximum Gasteiger partial charge on any atom is 0.0700 e. The molecule has 3 heteroatoms. The predicted molar refractivity (Wildman–Crippen MR) is 52.8 cm³/mol. The van der Waals surface area contributed by atoms with Gasteiger partial charge in [0.25, 0.3) is 0 Å². The van der Waals surface area contributed by atoms with E-state index in [1.807, 2.05) is 0 Å². The molecule has 76 valence electrons. The second kappa shape index (κ2) is 4.40. The maximum atomic E-state index is 5.52. The van der Waals surface area contributed by atoms with Crippen molar-refractivity contribution < 1.29 is 4.74 Å². The summed E-state index contributed by atoms with van der Waals surface area (Å²) in [4.78, 5) is 0. The van der Waals surface area contributed by atoms with Gasteiger partial charge in [-0.15, -0.1) is 0 Å². The van der Waals surface area contributed by atoms with Crippen molar-refractivity contribution in [2.45, 2.75) is 44.4 Å². The third kappa shape index (κ3) is 2.42. The van der Waals surface area contributed by atoms with Gasteiger partial charge in [-0.3, -0.25) is 0 Å². The molecule has 2 heterocycles. The summed E-state index contributed by atoms with van der Waals surface area (Å²) in [5.41, 5.74) is 0. The average Bonchev–Trinajstić information content (AvgIpc) is 2.54. The zero-order chi connectivity index (χ0) is 9.10. The highest BCUT2D eigenvalue weighted by atomic mass is 16.5. The Kier molecular flexibility index (Phi) is 3.19. The average molecular weight is 184 g/mol. The summed E-state index contributed by atoms with van der Waals surface area (Å²) in [7, 11) is 0. The summed E-state index contributed by atoms with van der Waals surface area (Å²) >= 11 is 0. The minimum Gasteiger partial charge on any atom is -0.377 e. The Morgan fingerprint density at radius 1 is 1.38 bits per heavy atom. The normalized spacial score (nSPS) is 40.8. The highest BCUT2D eigenvalue weighted by Crippen LogP contribution is 2.14. The largest absolute Gasteiger partial charge is 0.377 e. The lowest BCUT2D eigenvalue weighted by Crippen LogP contribution is -2.49. The summed E-state index contributed by atoms with van der Waals surface area (Å²) in [6.07, 6.45) is 4.20. The van der Waals surface area contributed by atoms with Gasteiger partial charge in [0.05, 0.1) is 6.10 Å². The molecule has 0 amide bonds. The lowest BCUT2D eigenvalue weighted by Gasteiger charge is -2.28. The van der Waals surface area contributed by atoms with E-state index >= 15 is 0 Å². The van der Waals surface area contributed by atoms with Crippen LogP contribution in [-0.4, -0.2) is 37.9 Å². The van der Waals surface area contributed by atoms with E-state index in [1.165, 1.54) is 25.8 Å². The number of piperidine rings is 1. The Bertz CT molecular complexity index is 157. The standard InChI is InChI=1S/C10H20N2O/c1-8-10(4-6-13-8)12-9-3-2-5-11-7-9/h8-12H,2-7H2,1H3. The molecule has 0 saturated carbocycles. The lowest BCUT2D eigenvalue weighted by molar-refractivity contribution is 0.110. The summed E-state index contributed by atoms with van der Waals surface area (Å²) in [5.74, 6) is 0. The maximum absolute atomic E-state index is 5.52. The molecule has 2 saturated heterocycles. The lowest BCUT2D eigenvalue weighted by atomic mass is 10.0. The van der Waals surface area contributed by atoms with Crippen LogP contribution >= 0.6 is 0 Å². The zero-order valence-corrected chi connectivity index (χ0v) is 8.38. The van der Waals surface area contributed by atoms with Crippen LogP contribution in [0.2, 0.25) is 0 Å². The predicted octanol–water partition coefficient (Wildman–Crippen LogP) is 0.505. The first-order valence-corrected chi connectivity index (χ1v) is 5.44. The fourth-order valence-corrected chi connectivity index (χ4v) is 2.25. The number of hydrogen-bond donors (Lipinski definition) is 2. The molecular formula is C10H20N2O. The molecule has 2 aliphatic heterocycles. The molecule has 2 aliphatic rings. The van der Waals surface area contributed by atoms with Crippen molar-refractivity contribution in [1.82, 2.24) is 10.6 Å². The van der Waals surface area contributed by atoms with E-state index in [0.717, 1.165) is 13.2 Å². The van der Waals surface area contributed by atoms with E-state index in [2.05, 4.69) is 17.6 Å². The van der Waals surface area contributed by atoms with Gasteiger partial charge in [0, 0.05) is 25.2 Å². The van der Waals surface area contributed by atoms with Gasteiger partial charge in [0.15, 0.2) is 0 Å². The summed E-state index contributed by atoms with van der Waals surface area (Å²) in [6.45, 7) is 5.41. The number of rotatable bonds is 2. The van der Waals surface area contributed by atoms with Gasteiger partial charge in [-0.1, -0.05) is 0 Å². The van der Waals surface area contributed by atoms with Crippen molar-refractivity contribution in [2.75, 3.05) is 19.7 Å². The van der Waals surface area contributed by atoms with Gasteiger partial charge in [-0.25, -0.2) is 0 Å². The van der Waals surface area contributed by atoms with Crippen molar-refractivity contribution in [3.8, 4) is 0 Å². The molecule has 2 N–H and O–H groups in total. The van der Waals surface area contributed by atoms with E-state index < -0.39 is 0 Å². The van der Waals surface area contributed by atoms with E-state index in [0.29, 0.717) is 18.2 Å². The van der Waals surface area contributed by atoms with Gasteiger partial charge >= 0.3 is 0 Å². The van der Waals surface area contributed by atoms with Crippen molar-refractivity contribution >= 4 is 0 Å². The number of nitrogens with one attached hydrogen (secondary N) is 2. The van der Waals surface area contributed by atoms with Crippen LogP contribution in [0.1, 0.15) is 26.2 Å². The molecule has 0 radical (unpaired) electrons. The molecular weight excluding hydrogens is 164 g/mol. The highest BCUT2D eigenvalue weighted by Gasteiger charge is 2.26. The summed E-state index contributed by atoms with van der Waals surface area (Å²) in [5, 5.41) is 7.10. The van der Waals surface area contributed by atoms with Gasteiger partial charge in [0.1, 0.15) is 0 Å². The Morgan fingerprint density at radius 2 is 2.31 bits per heavy atom. The minimum atomic E-state index is 0.405. The Balaban J connectivity index is 1.75. The molecule has 3 unspecified atom stereocenters. The molecule has 0 bridgehead atoms. The fraction of sp³-hybridized carbons (Fsp3) is 1.00. The quantitative estimate of drug-likeness (QED) is 0.656. The van der Waals surface area contributed by atoms with Crippen molar-refractivity contribution in [3.05, 3.63) is 0 Å². The molecule has 0 spiro atoms. The van der Waals surface area contributed by atoms with Crippen LogP contribution in [0.25, 0.3) is 0 Å². The second-order valence-electron chi connectivity index (χ2n) is 4.18. The molecule has 13 heavy (non-hydrogen) atoms. The molecule has 0 aromatic rings. The van der Waals surface area contributed by atoms with E-state index in [1.54, 1.807) is 0 Å². The first kappa shape index (κ1) is 9.44. The van der Waals surface area contributed by atoms with Crippen molar-refractivity contribution in [1.29, 1.82) is 0 Å². The first-order valence-electron chi connectivity index (χ1n) is 5.44. The molecule has 3 nitrogen and oxygen atoms in total. The Labute approximate surface area is 80.2 Å². The summed E-state index contributed by atoms with van der Waals surface area (Å²) < 4.78 is 5.52. The molecule has 2 rings (SSSR count). The zero-order valence-electron chi connectivity index (χ0n) is 8.38. The van der Waals surface area contributed by atoms with Crippen LogP contribution in [0.4, 0.5) is 0 Å². The van der Waals surface area contributed by atoms with Crippen molar-refractivity contribution in [2.24, 2.45) is 0 Å². The Hall–Kier alpha value is -0.120. The van der Waals surface area contributed by atoms with Crippen LogP contribution in [0.15, 0.2) is 0 Å². The van der Waals surface area contributed by atoms with Crippen LogP contribution in [0.3, 0.4) is 0 Å². The third-order valence-corrected chi connectivity index (χ3v) is 3.12. The number of hydrogen-bond acceptors (Lipinski definition) is 3. The van der Waals surface area contributed by atoms with Crippen LogP contribution in [-0.2, 0) is 4.74 Å². The molecule has 0 aromatic heterocycles. The van der Waals surface area contributed by atoms with Gasteiger partial charge in [-0.05, 0) is 32.7 Å². The van der Waals surface area contributed by atoms with E-state index in [4.69, 9.17) is 4.74 Å². The number of ether oxygens (including phenoxy) is 1. The van der Waals surface area contributed by atoms with E-state index in [9.17, 15) is 0 Å². The van der Waals surface area contributed by atoms with Gasteiger partial charge in [-0.2, -0.15) is 0 Å². The van der Waals surface area contributed by atoms with Crippen LogP contribution < -0.4 is 10.6 Å². The second-order valence-corrected chi connectivity index (χ2v) is 4.18. The molecule has 0 aromatic carbocycles. The minimum absolute atomic E-state index is 0.405. The SMILES string of the molecule is CC1OCCC1NC1CCCNC1.